The molecule has 0 radical (unpaired) electrons. The quantitative estimate of drug-likeness (QED) is 0.244. The zero-order valence-electron chi connectivity index (χ0n) is 24.7. The highest BCUT2D eigenvalue weighted by Gasteiger charge is 2.25. The molecule has 1 atom stereocenters. The van der Waals surface area contributed by atoms with Crippen LogP contribution in [-0.2, 0) is 19.9 Å². The number of hydrogen-bond acceptors (Lipinski definition) is 7. The summed E-state index contributed by atoms with van der Waals surface area (Å²) in [5.41, 5.74) is 11.5. The Balaban J connectivity index is 1.24. The lowest BCUT2D eigenvalue weighted by Gasteiger charge is -2.18. The first-order valence-electron chi connectivity index (χ1n) is 14.7. The lowest BCUT2D eigenvalue weighted by Crippen LogP contribution is -2.29. The molecule has 2 aliphatic rings. The van der Waals surface area contributed by atoms with Crippen LogP contribution in [0.15, 0.2) is 53.5 Å². The SMILES string of the molecule is Cc1c(NC(=O)c2cc3c(s2)CCCC3)cccc1-c1cn(C)c(=O)c(Nc2ccc(C(=O)N3CCC(C)C3)c(N)c2)n1. The molecular weight excluding hydrogens is 560 g/mol. The molecule has 1 aliphatic heterocycles. The third-order valence-corrected chi connectivity index (χ3v) is 9.64. The van der Waals surface area contributed by atoms with Crippen molar-refractivity contribution in [2.75, 3.05) is 29.5 Å². The number of anilines is 4. The Morgan fingerprint density at radius 3 is 2.67 bits per heavy atom. The third-order valence-electron chi connectivity index (χ3n) is 8.41. The second kappa shape index (κ2) is 11.7. The molecule has 10 heteroatoms. The molecule has 1 unspecified atom stereocenters. The van der Waals surface area contributed by atoms with Crippen LogP contribution in [0.25, 0.3) is 11.3 Å². The summed E-state index contributed by atoms with van der Waals surface area (Å²) in [6.07, 6.45) is 7.10. The molecule has 3 heterocycles. The van der Waals surface area contributed by atoms with Gasteiger partial charge in [0.1, 0.15) is 0 Å². The van der Waals surface area contributed by atoms with Gasteiger partial charge in [-0.15, -0.1) is 11.3 Å². The Hall–Kier alpha value is -4.44. The minimum atomic E-state index is -0.308. The molecule has 1 aliphatic carbocycles. The Morgan fingerprint density at radius 1 is 1.12 bits per heavy atom. The predicted molar refractivity (Wildman–Crippen MR) is 172 cm³/mol. The average molecular weight is 597 g/mol. The number of benzene rings is 2. The van der Waals surface area contributed by atoms with Crippen LogP contribution < -0.4 is 21.9 Å². The van der Waals surface area contributed by atoms with Crippen LogP contribution in [-0.4, -0.2) is 39.4 Å². The number of carbonyl (C=O) groups excluding carboxylic acids is 2. The lowest BCUT2D eigenvalue weighted by atomic mass is 9.99. The number of likely N-dealkylation sites (tertiary alicyclic amines) is 1. The number of amides is 2. The number of nitrogen functional groups attached to an aromatic ring is 1. The molecule has 9 nitrogen and oxygen atoms in total. The van der Waals surface area contributed by atoms with Gasteiger partial charge in [0.15, 0.2) is 5.82 Å². The Kier molecular flexibility index (Phi) is 7.79. The van der Waals surface area contributed by atoms with Crippen molar-refractivity contribution in [3.63, 3.8) is 0 Å². The fraction of sp³-hybridized carbons (Fsp3) is 0.333. The van der Waals surface area contributed by atoms with E-state index in [1.165, 1.54) is 27.8 Å². The summed E-state index contributed by atoms with van der Waals surface area (Å²) in [7, 11) is 1.67. The van der Waals surface area contributed by atoms with Gasteiger partial charge in [-0.3, -0.25) is 14.4 Å². The fourth-order valence-electron chi connectivity index (χ4n) is 5.91. The largest absolute Gasteiger partial charge is 0.398 e. The van der Waals surface area contributed by atoms with Gasteiger partial charge in [-0.25, -0.2) is 4.98 Å². The first-order valence-corrected chi connectivity index (χ1v) is 15.6. The van der Waals surface area contributed by atoms with E-state index in [-0.39, 0.29) is 23.2 Å². The van der Waals surface area contributed by atoms with E-state index < -0.39 is 0 Å². The maximum Gasteiger partial charge on any atom is 0.293 e. The maximum absolute atomic E-state index is 13.2. The fourth-order valence-corrected chi connectivity index (χ4v) is 7.06. The molecule has 0 bridgehead atoms. The zero-order chi connectivity index (χ0) is 30.2. The molecule has 2 aromatic heterocycles. The molecule has 1 saturated heterocycles. The number of rotatable bonds is 6. The van der Waals surface area contributed by atoms with E-state index in [4.69, 9.17) is 5.73 Å². The summed E-state index contributed by atoms with van der Waals surface area (Å²) in [5.74, 6) is 0.414. The van der Waals surface area contributed by atoms with Gasteiger partial charge in [0.2, 0.25) is 0 Å². The van der Waals surface area contributed by atoms with Gasteiger partial charge >= 0.3 is 0 Å². The topological polar surface area (TPSA) is 122 Å². The van der Waals surface area contributed by atoms with E-state index >= 15 is 0 Å². The molecule has 2 aromatic carbocycles. The van der Waals surface area contributed by atoms with E-state index in [0.717, 1.165) is 48.4 Å². The highest BCUT2D eigenvalue weighted by molar-refractivity contribution is 7.14. The standard InChI is InChI=1S/C33H36N6O3S/c1-19-13-14-39(17-19)32(41)24-12-11-22(16-25(24)34)35-30-33(42)38(3)18-27(36-30)23-8-6-9-26(20(23)2)37-31(40)29-15-21-7-4-5-10-28(21)43-29/h6,8-9,11-12,15-16,18-19H,4-5,7,10,13-14,17,34H2,1-3H3,(H,35,36)(H,37,40). The van der Waals surface area contributed by atoms with Crippen molar-refractivity contribution in [2.24, 2.45) is 13.0 Å². The summed E-state index contributed by atoms with van der Waals surface area (Å²) in [5, 5.41) is 6.18. The highest BCUT2D eigenvalue weighted by Crippen LogP contribution is 2.32. The highest BCUT2D eigenvalue weighted by atomic mass is 32.1. The second-order valence-corrected chi connectivity index (χ2v) is 12.8. The predicted octanol–water partition coefficient (Wildman–Crippen LogP) is 5.76. The number of aromatic nitrogens is 2. The van der Waals surface area contributed by atoms with Gasteiger partial charge < -0.3 is 25.8 Å². The van der Waals surface area contributed by atoms with Crippen LogP contribution in [0, 0.1) is 12.8 Å². The number of nitrogens with one attached hydrogen (secondary N) is 2. The Morgan fingerprint density at radius 2 is 1.93 bits per heavy atom. The zero-order valence-corrected chi connectivity index (χ0v) is 25.5. The third kappa shape index (κ3) is 5.79. The normalized spacial score (nSPS) is 16.2. The molecule has 0 spiro atoms. The van der Waals surface area contributed by atoms with Crippen LogP contribution in [0.3, 0.4) is 0 Å². The maximum atomic E-state index is 13.2. The molecule has 2 amide bonds. The van der Waals surface area contributed by atoms with Crippen molar-refractivity contribution in [1.29, 1.82) is 0 Å². The van der Waals surface area contributed by atoms with Crippen molar-refractivity contribution in [3.8, 4) is 11.3 Å². The number of carbonyl (C=O) groups is 2. The molecule has 0 saturated carbocycles. The summed E-state index contributed by atoms with van der Waals surface area (Å²) < 4.78 is 1.47. The molecule has 222 valence electrons. The van der Waals surface area contributed by atoms with Crippen molar-refractivity contribution in [3.05, 3.63) is 85.5 Å². The van der Waals surface area contributed by atoms with Crippen LogP contribution in [0.4, 0.5) is 22.9 Å². The number of hydrogen-bond donors (Lipinski definition) is 3. The number of nitrogens with zero attached hydrogens (tertiary/aromatic N) is 3. The second-order valence-electron chi connectivity index (χ2n) is 11.7. The Bertz CT molecular complexity index is 1770. The van der Waals surface area contributed by atoms with Crippen molar-refractivity contribution in [2.45, 2.75) is 46.0 Å². The van der Waals surface area contributed by atoms with Crippen LogP contribution in [0.5, 0.6) is 0 Å². The smallest absolute Gasteiger partial charge is 0.293 e. The first-order chi connectivity index (χ1) is 20.7. The first kappa shape index (κ1) is 28.7. The summed E-state index contributed by atoms with van der Waals surface area (Å²) in [6.45, 7) is 5.52. The lowest BCUT2D eigenvalue weighted by molar-refractivity contribution is 0.0789. The minimum Gasteiger partial charge on any atom is -0.398 e. The monoisotopic (exact) mass is 596 g/mol. The van der Waals surface area contributed by atoms with E-state index in [2.05, 4.69) is 22.5 Å². The molecule has 4 N–H and O–H groups in total. The number of nitrogens with two attached hydrogens (primary N) is 1. The molecular formula is C33H36N6O3S. The van der Waals surface area contributed by atoms with Gasteiger partial charge in [0.05, 0.1) is 16.1 Å². The van der Waals surface area contributed by atoms with Crippen molar-refractivity contribution < 1.29 is 9.59 Å². The summed E-state index contributed by atoms with van der Waals surface area (Å²) in [6, 6.07) is 12.8. The van der Waals surface area contributed by atoms with Crippen molar-refractivity contribution in [1.82, 2.24) is 14.5 Å². The van der Waals surface area contributed by atoms with E-state index in [1.807, 2.05) is 36.1 Å². The van der Waals surface area contributed by atoms with Gasteiger partial charge in [0.25, 0.3) is 17.4 Å². The number of thiophene rings is 1. The van der Waals surface area contributed by atoms with Gasteiger partial charge in [-0.05, 0) is 86.4 Å². The van der Waals surface area contributed by atoms with E-state index in [0.29, 0.717) is 34.2 Å². The van der Waals surface area contributed by atoms with E-state index in [9.17, 15) is 14.4 Å². The van der Waals surface area contributed by atoms with E-state index in [1.54, 1.807) is 42.8 Å². The number of fused-ring (bicyclic) bond motifs is 1. The number of aryl methyl sites for hydroxylation is 3. The van der Waals surface area contributed by atoms with Crippen molar-refractivity contribution >= 4 is 46.0 Å². The van der Waals surface area contributed by atoms with Gasteiger partial charge in [-0.1, -0.05) is 19.1 Å². The van der Waals surface area contributed by atoms with Crippen LogP contribution >= 0.6 is 11.3 Å². The van der Waals surface area contributed by atoms with Crippen LogP contribution in [0.2, 0.25) is 0 Å². The van der Waals surface area contributed by atoms with Crippen LogP contribution in [0.1, 0.15) is 62.2 Å². The molecule has 1 fully saturated rings. The molecule has 6 rings (SSSR count). The van der Waals surface area contributed by atoms with Gasteiger partial charge in [-0.2, -0.15) is 0 Å². The molecule has 4 aromatic rings. The Labute approximate surface area is 254 Å². The average Bonchev–Trinajstić information content (AvgIpc) is 3.63. The van der Waals surface area contributed by atoms with Gasteiger partial charge in [0, 0.05) is 53.8 Å². The summed E-state index contributed by atoms with van der Waals surface area (Å²) in [4.78, 5) is 47.7. The summed E-state index contributed by atoms with van der Waals surface area (Å²) >= 11 is 1.58. The molecule has 43 heavy (non-hydrogen) atoms. The minimum absolute atomic E-state index is 0.0782.